The Balaban J connectivity index is 1.31. The van der Waals surface area contributed by atoms with Crippen LogP contribution in [0.1, 0.15) is 38.5 Å². The molecule has 3 saturated heterocycles. The predicted molar refractivity (Wildman–Crippen MR) is 86.7 cm³/mol. The third-order valence-corrected chi connectivity index (χ3v) is 5.69. The zero-order chi connectivity index (χ0) is 14.5. The normalized spacial score (nSPS) is 33.0. The first-order valence-electron chi connectivity index (χ1n) is 9.08. The minimum Gasteiger partial charge on any atom is -0.378 e. The number of likely N-dealkylation sites (tertiary alicyclic amines) is 2. The van der Waals surface area contributed by atoms with E-state index in [1.807, 2.05) is 0 Å². The van der Waals surface area contributed by atoms with Gasteiger partial charge in [0, 0.05) is 25.7 Å². The standard InChI is InChI=1S/C17H33N3O/c1-19-10-2-4-15-14-20(12-7-17(15)19)11-3-13-21-16-5-8-18-9-6-16/h15-18H,2-14H2,1H3. The fraction of sp³-hybridized carbons (Fsp3) is 1.00. The molecule has 2 atom stereocenters. The smallest absolute Gasteiger partial charge is 0.0599 e. The molecule has 0 amide bonds. The molecule has 3 heterocycles. The van der Waals surface area contributed by atoms with Crippen LogP contribution < -0.4 is 5.32 Å². The Morgan fingerprint density at radius 3 is 2.81 bits per heavy atom. The van der Waals surface area contributed by atoms with Crippen molar-refractivity contribution in [2.24, 2.45) is 5.92 Å². The molecule has 3 aliphatic heterocycles. The second-order valence-corrected chi connectivity index (χ2v) is 7.21. The Kier molecular flexibility index (Phi) is 5.92. The number of rotatable bonds is 5. The lowest BCUT2D eigenvalue weighted by atomic mass is 9.84. The van der Waals surface area contributed by atoms with Gasteiger partial charge in [-0.3, -0.25) is 0 Å². The minimum atomic E-state index is 0.518. The van der Waals surface area contributed by atoms with E-state index < -0.39 is 0 Å². The van der Waals surface area contributed by atoms with Crippen LogP contribution in [-0.4, -0.2) is 74.9 Å². The summed E-state index contributed by atoms with van der Waals surface area (Å²) in [6.45, 7) is 8.38. The van der Waals surface area contributed by atoms with Gasteiger partial charge in [0.2, 0.25) is 0 Å². The van der Waals surface area contributed by atoms with Crippen LogP contribution in [0.25, 0.3) is 0 Å². The molecule has 122 valence electrons. The number of ether oxygens (including phenoxy) is 1. The van der Waals surface area contributed by atoms with Gasteiger partial charge in [0.15, 0.2) is 0 Å². The highest BCUT2D eigenvalue weighted by Gasteiger charge is 2.33. The molecule has 3 fully saturated rings. The highest BCUT2D eigenvalue weighted by molar-refractivity contribution is 4.89. The van der Waals surface area contributed by atoms with Crippen molar-refractivity contribution in [1.82, 2.24) is 15.1 Å². The molecule has 21 heavy (non-hydrogen) atoms. The number of nitrogens with one attached hydrogen (secondary N) is 1. The first-order valence-corrected chi connectivity index (χ1v) is 9.08. The zero-order valence-corrected chi connectivity index (χ0v) is 13.7. The molecule has 0 aromatic rings. The molecule has 0 aromatic heterocycles. The molecule has 4 nitrogen and oxygen atoms in total. The Labute approximate surface area is 130 Å². The average molecular weight is 295 g/mol. The first kappa shape index (κ1) is 15.7. The summed E-state index contributed by atoms with van der Waals surface area (Å²) in [5, 5.41) is 3.39. The molecule has 3 aliphatic rings. The van der Waals surface area contributed by atoms with Crippen LogP contribution in [0, 0.1) is 5.92 Å². The molecule has 4 heteroatoms. The highest BCUT2D eigenvalue weighted by Crippen LogP contribution is 2.29. The van der Waals surface area contributed by atoms with E-state index >= 15 is 0 Å². The second-order valence-electron chi connectivity index (χ2n) is 7.21. The van der Waals surface area contributed by atoms with Gasteiger partial charge in [0.25, 0.3) is 0 Å². The van der Waals surface area contributed by atoms with Gasteiger partial charge in [-0.15, -0.1) is 0 Å². The van der Waals surface area contributed by atoms with Crippen molar-refractivity contribution >= 4 is 0 Å². The molecule has 2 unspecified atom stereocenters. The lowest BCUT2D eigenvalue weighted by Crippen LogP contribution is -2.52. The van der Waals surface area contributed by atoms with Gasteiger partial charge in [-0.1, -0.05) is 0 Å². The lowest BCUT2D eigenvalue weighted by molar-refractivity contribution is 0.0142. The Hall–Kier alpha value is -0.160. The number of hydrogen-bond donors (Lipinski definition) is 1. The van der Waals surface area contributed by atoms with E-state index in [0.717, 1.165) is 31.7 Å². The zero-order valence-electron chi connectivity index (χ0n) is 13.7. The third-order valence-electron chi connectivity index (χ3n) is 5.69. The SMILES string of the molecule is CN1CCCC2CN(CCCOC3CCNCC3)CCC21. The molecular weight excluding hydrogens is 262 g/mol. The summed E-state index contributed by atoms with van der Waals surface area (Å²) in [6, 6.07) is 0.862. The molecule has 0 spiro atoms. The number of hydrogen-bond acceptors (Lipinski definition) is 4. The molecule has 0 bridgehead atoms. The molecule has 3 rings (SSSR count). The van der Waals surface area contributed by atoms with E-state index in [1.165, 1.54) is 64.7 Å². The minimum absolute atomic E-state index is 0.518. The van der Waals surface area contributed by atoms with E-state index in [0.29, 0.717) is 6.10 Å². The summed E-state index contributed by atoms with van der Waals surface area (Å²) < 4.78 is 6.02. The van der Waals surface area contributed by atoms with Crippen molar-refractivity contribution in [1.29, 1.82) is 0 Å². The summed E-state index contributed by atoms with van der Waals surface area (Å²) in [4.78, 5) is 5.29. The van der Waals surface area contributed by atoms with Crippen LogP contribution in [0.3, 0.4) is 0 Å². The monoisotopic (exact) mass is 295 g/mol. The maximum atomic E-state index is 6.02. The quantitative estimate of drug-likeness (QED) is 0.779. The van der Waals surface area contributed by atoms with E-state index in [2.05, 4.69) is 22.2 Å². The largest absolute Gasteiger partial charge is 0.378 e. The summed E-state index contributed by atoms with van der Waals surface area (Å²) in [5.41, 5.74) is 0. The Morgan fingerprint density at radius 1 is 1.10 bits per heavy atom. The van der Waals surface area contributed by atoms with Crippen molar-refractivity contribution in [2.75, 3.05) is 52.9 Å². The van der Waals surface area contributed by atoms with E-state index in [4.69, 9.17) is 4.74 Å². The first-order chi connectivity index (χ1) is 10.3. The molecule has 0 saturated carbocycles. The summed E-state index contributed by atoms with van der Waals surface area (Å²) in [7, 11) is 2.32. The van der Waals surface area contributed by atoms with Crippen LogP contribution >= 0.6 is 0 Å². The topological polar surface area (TPSA) is 27.7 Å². The van der Waals surface area contributed by atoms with Gasteiger partial charge in [-0.05, 0) is 77.7 Å². The fourth-order valence-electron chi connectivity index (χ4n) is 4.43. The van der Waals surface area contributed by atoms with Crippen LogP contribution in [0.15, 0.2) is 0 Å². The molecule has 0 radical (unpaired) electrons. The Bertz CT molecular complexity index is 306. The van der Waals surface area contributed by atoms with Crippen molar-refractivity contribution in [3.05, 3.63) is 0 Å². The van der Waals surface area contributed by atoms with Crippen molar-refractivity contribution < 1.29 is 4.74 Å². The van der Waals surface area contributed by atoms with E-state index in [9.17, 15) is 0 Å². The van der Waals surface area contributed by atoms with Gasteiger partial charge < -0.3 is 19.9 Å². The number of nitrogens with zero attached hydrogens (tertiary/aromatic N) is 2. The molecule has 1 N–H and O–H groups in total. The van der Waals surface area contributed by atoms with Crippen molar-refractivity contribution in [2.45, 2.75) is 50.7 Å². The van der Waals surface area contributed by atoms with E-state index in [-0.39, 0.29) is 0 Å². The van der Waals surface area contributed by atoms with Gasteiger partial charge in [-0.2, -0.15) is 0 Å². The van der Waals surface area contributed by atoms with Gasteiger partial charge in [0.1, 0.15) is 0 Å². The number of piperidine rings is 3. The second kappa shape index (κ2) is 7.91. The molecular formula is C17H33N3O. The number of fused-ring (bicyclic) bond motifs is 1. The molecule has 0 aromatic carbocycles. The van der Waals surface area contributed by atoms with Crippen LogP contribution in [0.4, 0.5) is 0 Å². The van der Waals surface area contributed by atoms with Crippen LogP contribution in [0.2, 0.25) is 0 Å². The maximum absolute atomic E-state index is 6.02. The molecule has 0 aliphatic carbocycles. The summed E-state index contributed by atoms with van der Waals surface area (Å²) >= 11 is 0. The van der Waals surface area contributed by atoms with Crippen LogP contribution in [-0.2, 0) is 4.74 Å². The highest BCUT2D eigenvalue weighted by atomic mass is 16.5. The average Bonchev–Trinajstić information content (AvgIpc) is 2.53. The summed E-state index contributed by atoms with van der Waals surface area (Å²) in [6.07, 6.45) is 8.32. The van der Waals surface area contributed by atoms with Crippen molar-refractivity contribution in [3.63, 3.8) is 0 Å². The van der Waals surface area contributed by atoms with Gasteiger partial charge >= 0.3 is 0 Å². The third kappa shape index (κ3) is 4.41. The van der Waals surface area contributed by atoms with Crippen molar-refractivity contribution in [3.8, 4) is 0 Å². The van der Waals surface area contributed by atoms with E-state index in [1.54, 1.807) is 0 Å². The van der Waals surface area contributed by atoms with Gasteiger partial charge in [-0.25, -0.2) is 0 Å². The van der Waals surface area contributed by atoms with Gasteiger partial charge in [0.05, 0.1) is 6.10 Å². The Morgan fingerprint density at radius 2 is 1.95 bits per heavy atom. The predicted octanol–water partition coefficient (Wildman–Crippen LogP) is 1.56. The fourth-order valence-corrected chi connectivity index (χ4v) is 4.43. The van der Waals surface area contributed by atoms with Crippen LogP contribution in [0.5, 0.6) is 0 Å². The maximum Gasteiger partial charge on any atom is 0.0599 e. The lowest BCUT2D eigenvalue weighted by Gasteiger charge is -2.46. The summed E-state index contributed by atoms with van der Waals surface area (Å²) in [5.74, 6) is 0.919.